The Morgan fingerprint density at radius 2 is 1.40 bits per heavy atom. The number of carbonyl (C=O) groups is 1. The quantitative estimate of drug-likeness (QED) is 0.124. The normalized spacial score (nSPS) is 11.6. The fourth-order valence-corrected chi connectivity index (χ4v) is 5.12. The fraction of sp³-hybridized carbons (Fsp3) is 0.359. The molecule has 4 aromatic rings. The zero-order chi connectivity index (χ0) is 36.7. The van der Waals surface area contributed by atoms with Gasteiger partial charge in [-0.3, -0.25) is 0 Å². The number of hydrogen-bond acceptors (Lipinski definition) is 6. The van der Waals surface area contributed by atoms with Crippen LogP contribution in [0, 0.1) is 11.6 Å². The number of amides is 1. The maximum absolute atomic E-state index is 14.4. The van der Waals surface area contributed by atoms with Gasteiger partial charge in [0.1, 0.15) is 34.8 Å². The molecule has 50 heavy (non-hydrogen) atoms. The van der Waals surface area contributed by atoms with Gasteiger partial charge in [-0.15, -0.1) is 0 Å². The van der Waals surface area contributed by atoms with Gasteiger partial charge in [-0.1, -0.05) is 62.2 Å². The molecule has 7 nitrogen and oxygen atoms in total. The SMILES string of the molecule is CN(CCCOc1ccc(C(O)c2ccc(Br)cc2)c(F)c1)C(=O)OC(C)(C)C.CNCCCOc1ccc(Cc2ccc(Br)cc2)c(F)c1. The molecule has 11 heteroatoms. The summed E-state index contributed by atoms with van der Waals surface area (Å²) < 4.78 is 46.8. The van der Waals surface area contributed by atoms with Gasteiger partial charge < -0.3 is 29.5 Å². The molecule has 0 bridgehead atoms. The summed E-state index contributed by atoms with van der Waals surface area (Å²) in [5.41, 5.74) is 2.01. The molecule has 0 aromatic heterocycles. The third kappa shape index (κ3) is 14.4. The van der Waals surface area contributed by atoms with Gasteiger partial charge in [0, 0.05) is 46.7 Å². The summed E-state index contributed by atoms with van der Waals surface area (Å²) in [5.74, 6) is 0.199. The van der Waals surface area contributed by atoms with Crippen LogP contribution in [0.2, 0.25) is 0 Å². The van der Waals surface area contributed by atoms with E-state index in [1.54, 1.807) is 43.4 Å². The largest absolute Gasteiger partial charge is 0.493 e. The first-order valence-electron chi connectivity index (χ1n) is 16.4. The van der Waals surface area contributed by atoms with E-state index in [0.29, 0.717) is 55.2 Å². The van der Waals surface area contributed by atoms with Crippen LogP contribution in [0.15, 0.2) is 93.9 Å². The van der Waals surface area contributed by atoms with Crippen molar-refractivity contribution in [2.75, 3.05) is 40.4 Å². The van der Waals surface area contributed by atoms with E-state index < -0.39 is 23.6 Å². The zero-order valence-electron chi connectivity index (χ0n) is 29.1. The molecule has 0 spiro atoms. The van der Waals surface area contributed by atoms with Crippen molar-refractivity contribution in [3.8, 4) is 11.5 Å². The second-order valence-corrected chi connectivity index (χ2v) is 14.4. The number of rotatable bonds is 14. The van der Waals surface area contributed by atoms with E-state index in [0.717, 1.165) is 27.5 Å². The summed E-state index contributed by atoms with van der Waals surface area (Å²) in [6.45, 7) is 7.70. The lowest BCUT2D eigenvalue weighted by Gasteiger charge is -2.24. The third-order valence-electron chi connectivity index (χ3n) is 7.24. The molecular weight excluding hydrogens is 774 g/mol. The highest BCUT2D eigenvalue weighted by atomic mass is 79.9. The molecule has 1 atom stereocenters. The van der Waals surface area contributed by atoms with Crippen molar-refractivity contribution in [2.24, 2.45) is 0 Å². The summed E-state index contributed by atoms with van der Waals surface area (Å²) in [6, 6.07) is 24.5. The molecule has 0 aliphatic rings. The van der Waals surface area contributed by atoms with Crippen molar-refractivity contribution in [1.29, 1.82) is 0 Å². The number of nitrogens with zero attached hydrogens (tertiary/aromatic N) is 1. The molecule has 1 unspecified atom stereocenters. The Hall–Kier alpha value is -3.51. The van der Waals surface area contributed by atoms with Crippen molar-refractivity contribution >= 4 is 38.0 Å². The number of nitrogens with one attached hydrogen (secondary N) is 1. The Morgan fingerprint density at radius 3 is 1.96 bits per heavy atom. The first-order chi connectivity index (χ1) is 23.8. The van der Waals surface area contributed by atoms with E-state index in [1.165, 1.54) is 23.1 Å². The van der Waals surface area contributed by atoms with Gasteiger partial charge in [-0.2, -0.15) is 0 Å². The maximum atomic E-state index is 14.4. The first-order valence-corrected chi connectivity index (χ1v) is 17.9. The summed E-state index contributed by atoms with van der Waals surface area (Å²) in [5, 5.41) is 13.5. The number of aliphatic hydroxyl groups is 1. The van der Waals surface area contributed by atoms with Crippen LogP contribution >= 0.6 is 31.9 Å². The number of hydrogen-bond donors (Lipinski definition) is 2. The number of halogens is 4. The highest BCUT2D eigenvalue weighted by Crippen LogP contribution is 2.28. The van der Waals surface area contributed by atoms with Crippen LogP contribution < -0.4 is 14.8 Å². The highest BCUT2D eigenvalue weighted by molar-refractivity contribution is 9.10. The highest BCUT2D eigenvalue weighted by Gasteiger charge is 2.19. The van der Waals surface area contributed by atoms with Crippen molar-refractivity contribution in [1.82, 2.24) is 10.2 Å². The molecule has 4 rings (SSSR count). The molecule has 0 saturated heterocycles. The molecule has 0 fully saturated rings. The lowest BCUT2D eigenvalue weighted by atomic mass is 10.0. The van der Waals surface area contributed by atoms with E-state index in [4.69, 9.17) is 14.2 Å². The first kappa shape index (κ1) is 40.9. The molecule has 0 saturated carbocycles. The van der Waals surface area contributed by atoms with Gasteiger partial charge in [0.05, 0.1) is 13.2 Å². The minimum absolute atomic E-state index is 0.185. The van der Waals surface area contributed by atoms with Crippen LogP contribution in [0.25, 0.3) is 0 Å². The van der Waals surface area contributed by atoms with E-state index >= 15 is 0 Å². The van der Waals surface area contributed by atoms with E-state index in [9.17, 15) is 18.7 Å². The van der Waals surface area contributed by atoms with Gasteiger partial charge in [0.2, 0.25) is 0 Å². The Morgan fingerprint density at radius 1 is 0.840 bits per heavy atom. The van der Waals surface area contributed by atoms with Gasteiger partial charge >= 0.3 is 6.09 Å². The summed E-state index contributed by atoms with van der Waals surface area (Å²) in [6.07, 6.45) is 0.605. The number of benzene rings is 4. The molecule has 2 N–H and O–H groups in total. The molecule has 0 aliphatic carbocycles. The van der Waals surface area contributed by atoms with Gasteiger partial charge in [0.25, 0.3) is 0 Å². The van der Waals surface area contributed by atoms with Gasteiger partial charge in [-0.25, -0.2) is 13.6 Å². The Bertz CT molecular complexity index is 1630. The molecule has 0 radical (unpaired) electrons. The van der Waals surface area contributed by atoms with Gasteiger partial charge in [-0.05, 0) is 106 Å². The van der Waals surface area contributed by atoms with Crippen LogP contribution in [0.1, 0.15) is 62.0 Å². The fourth-order valence-electron chi connectivity index (χ4n) is 4.59. The smallest absolute Gasteiger partial charge is 0.410 e. The number of carbonyl (C=O) groups excluding carboxylic acids is 1. The molecule has 0 heterocycles. The molecule has 4 aromatic carbocycles. The lowest BCUT2D eigenvalue weighted by molar-refractivity contribution is 0.0292. The minimum Gasteiger partial charge on any atom is -0.493 e. The lowest BCUT2D eigenvalue weighted by Crippen LogP contribution is -2.35. The average Bonchev–Trinajstić information content (AvgIpc) is 3.07. The molecule has 0 aliphatic heterocycles. The van der Waals surface area contributed by atoms with E-state index in [-0.39, 0.29) is 11.4 Å². The summed E-state index contributed by atoms with van der Waals surface area (Å²) in [7, 11) is 3.56. The van der Waals surface area contributed by atoms with Crippen molar-refractivity contribution < 1.29 is 32.9 Å². The van der Waals surface area contributed by atoms with Crippen molar-refractivity contribution in [2.45, 2.75) is 51.7 Å². The minimum atomic E-state index is -1.06. The van der Waals surface area contributed by atoms with Crippen molar-refractivity contribution in [3.05, 3.63) is 128 Å². The topological polar surface area (TPSA) is 80.3 Å². The predicted molar refractivity (Wildman–Crippen MR) is 201 cm³/mol. The van der Waals surface area contributed by atoms with E-state index in [2.05, 4.69) is 37.2 Å². The second-order valence-electron chi connectivity index (χ2n) is 12.6. The monoisotopic (exact) mass is 818 g/mol. The maximum Gasteiger partial charge on any atom is 0.410 e. The molecule has 1 amide bonds. The predicted octanol–water partition coefficient (Wildman–Crippen LogP) is 9.47. The number of ether oxygens (including phenoxy) is 3. The van der Waals surface area contributed by atoms with Crippen LogP contribution in [0.5, 0.6) is 11.5 Å². The molecule has 270 valence electrons. The van der Waals surface area contributed by atoms with Gasteiger partial charge in [0.15, 0.2) is 0 Å². The second kappa shape index (κ2) is 20.4. The zero-order valence-corrected chi connectivity index (χ0v) is 32.3. The van der Waals surface area contributed by atoms with Crippen LogP contribution in [0.3, 0.4) is 0 Å². The van der Waals surface area contributed by atoms with Crippen molar-refractivity contribution in [3.63, 3.8) is 0 Å². The Labute approximate surface area is 311 Å². The number of aliphatic hydroxyl groups excluding tert-OH is 1. The summed E-state index contributed by atoms with van der Waals surface area (Å²) >= 11 is 6.73. The summed E-state index contributed by atoms with van der Waals surface area (Å²) in [4.78, 5) is 13.4. The van der Waals surface area contributed by atoms with E-state index in [1.807, 2.05) is 58.2 Å². The Balaban J connectivity index is 0.000000284. The third-order valence-corrected chi connectivity index (χ3v) is 8.29. The van der Waals surface area contributed by atoms with Crippen LogP contribution in [-0.2, 0) is 11.2 Å². The Kier molecular flexibility index (Phi) is 16.7. The average molecular weight is 821 g/mol. The molecular formula is C39H46Br2F2N2O5. The van der Waals surface area contributed by atoms with Crippen LogP contribution in [-0.4, -0.2) is 62.1 Å². The van der Waals surface area contributed by atoms with Crippen LogP contribution in [0.4, 0.5) is 13.6 Å². The standard InChI is InChI=1S/C22H27BrFNO4.C17H19BrFNO/c1-22(2,3)29-21(27)25(4)12-5-13-28-17-10-11-18(19(24)14-17)20(26)15-6-8-16(23)9-7-15;1-20-9-2-10-21-16-8-5-14(17(19)12-16)11-13-3-6-15(18)7-4-13/h6-11,14,20,26H,5,12-13H2,1-4H3;3-8,12,20H,2,9-11H2,1H3.